The molecule has 152 valence electrons. The third kappa shape index (κ3) is 5.91. The van der Waals surface area contributed by atoms with Crippen LogP contribution in [0.5, 0.6) is 0 Å². The van der Waals surface area contributed by atoms with Gasteiger partial charge in [0.15, 0.2) is 0 Å². The van der Waals surface area contributed by atoms with Gasteiger partial charge in [-0.2, -0.15) is 13.2 Å². The number of halogens is 5. The minimum Gasteiger partial charge on any atom is -0.352 e. The van der Waals surface area contributed by atoms with Gasteiger partial charge in [-0.05, 0) is 24.3 Å². The van der Waals surface area contributed by atoms with E-state index in [0.29, 0.717) is 6.07 Å². The highest BCUT2D eigenvalue weighted by Crippen LogP contribution is 2.35. The van der Waals surface area contributed by atoms with Crippen molar-refractivity contribution in [1.82, 2.24) is 10.0 Å². The zero-order chi connectivity index (χ0) is 20.9. The van der Waals surface area contributed by atoms with E-state index >= 15 is 0 Å². The van der Waals surface area contributed by atoms with Crippen molar-refractivity contribution >= 4 is 27.5 Å². The van der Waals surface area contributed by atoms with Gasteiger partial charge in [-0.3, -0.25) is 4.79 Å². The number of rotatable bonds is 7. The Hall–Kier alpha value is -2.17. The maximum absolute atomic E-state index is 13.4. The summed E-state index contributed by atoms with van der Waals surface area (Å²) < 4.78 is 78.3. The van der Waals surface area contributed by atoms with Crippen LogP contribution < -0.4 is 10.0 Å². The van der Waals surface area contributed by atoms with Crippen LogP contribution in [0.15, 0.2) is 47.4 Å². The fourth-order valence-electron chi connectivity index (χ4n) is 2.19. The molecule has 2 N–H and O–H groups in total. The van der Waals surface area contributed by atoms with Crippen molar-refractivity contribution < 1.29 is 30.8 Å². The zero-order valence-electron chi connectivity index (χ0n) is 14.2. The number of amides is 1. The molecule has 0 aliphatic heterocycles. The first-order valence-corrected chi connectivity index (χ1v) is 9.73. The van der Waals surface area contributed by atoms with Crippen molar-refractivity contribution in [2.24, 2.45) is 0 Å². The SMILES string of the molecule is O=C(CCNS(=O)(=O)c1ccc(Cl)c(C(F)(F)F)c1)NCc1ccccc1F. The van der Waals surface area contributed by atoms with Crippen LogP contribution in [-0.2, 0) is 27.5 Å². The lowest BCUT2D eigenvalue weighted by Gasteiger charge is -2.12. The van der Waals surface area contributed by atoms with E-state index in [1.165, 1.54) is 18.2 Å². The summed E-state index contributed by atoms with van der Waals surface area (Å²) in [6.07, 6.45) is -5.09. The third-order valence-electron chi connectivity index (χ3n) is 3.63. The van der Waals surface area contributed by atoms with E-state index in [1.807, 2.05) is 4.72 Å². The van der Waals surface area contributed by atoms with E-state index in [4.69, 9.17) is 11.6 Å². The molecule has 0 aromatic heterocycles. The lowest BCUT2D eigenvalue weighted by molar-refractivity contribution is -0.137. The fourth-order valence-corrected chi connectivity index (χ4v) is 3.48. The molecule has 0 radical (unpaired) electrons. The van der Waals surface area contributed by atoms with Crippen LogP contribution in [0.25, 0.3) is 0 Å². The van der Waals surface area contributed by atoms with E-state index < -0.39 is 43.4 Å². The minimum absolute atomic E-state index is 0.0790. The molecule has 0 aliphatic rings. The summed E-state index contributed by atoms with van der Waals surface area (Å²) in [6.45, 7) is -0.431. The van der Waals surface area contributed by atoms with Gasteiger partial charge in [0, 0.05) is 25.1 Å². The second-order valence-electron chi connectivity index (χ2n) is 5.66. The molecule has 0 heterocycles. The Balaban J connectivity index is 1.93. The molecule has 0 aliphatic carbocycles. The Bertz CT molecular complexity index is 965. The van der Waals surface area contributed by atoms with Crippen LogP contribution in [0.4, 0.5) is 17.6 Å². The highest BCUT2D eigenvalue weighted by Gasteiger charge is 2.34. The number of alkyl halides is 3. The summed E-state index contributed by atoms with van der Waals surface area (Å²) in [5, 5.41) is 1.80. The Kier molecular flexibility index (Phi) is 7.02. The molecule has 28 heavy (non-hydrogen) atoms. The predicted octanol–water partition coefficient (Wildman–Crippen LogP) is 3.48. The molecular formula is C17H15ClF4N2O3S. The molecule has 0 saturated carbocycles. The molecule has 0 atom stereocenters. The van der Waals surface area contributed by atoms with Crippen molar-refractivity contribution in [3.05, 3.63) is 64.4 Å². The fraction of sp³-hybridized carbons (Fsp3) is 0.235. The molecule has 5 nitrogen and oxygen atoms in total. The van der Waals surface area contributed by atoms with Crippen LogP contribution in [-0.4, -0.2) is 20.9 Å². The normalized spacial score (nSPS) is 12.0. The quantitative estimate of drug-likeness (QED) is 0.650. The number of hydrogen-bond donors (Lipinski definition) is 2. The van der Waals surface area contributed by atoms with Crippen molar-refractivity contribution in [2.45, 2.75) is 24.0 Å². The van der Waals surface area contributed by atoms with E-state index in [2.05, 4.69) is 5.32 Å². The second-order valence-corrected chi connectivity index (χ2v) is 7.83. The van der Waals surface area contributed by atoms with Crippen LogP contribution in [0.2, 0.25) is 5.02 Å². The molecule has 0 fully saturated rings. The maximum Gasteiger partial charge on any atom is 0.417 e. The summed E-state index contributed by atoms with van der Waals surface area (Å²) in [7, 11) is -4.28. The molecule has 0 saturated heterocycles. The average Bonchev–Trinajstić information content (AvgIpc) is 2.60. The van der Waals surface area contributed by atoms with Gasteiger partial charge in [-0.1, -0.05) is 29.8 Å². The maximum atomic E-state index is 13.4. The number of benzene rings is 2. The molecule has 11 heteroatoms. The summed E-state index contributed by atoms with van der Waals surface area (Å²) in [5.41, 5.74) is -1.02. The van der Waals surface area contributed by atoms with Gasteiger partial charge >= 0.3 is 6.18 Å². The topological polar surface area (TPSA) is 75.3 Å². The van der Waals surface area contributed by atoms with Gasteiger partial charge < -0.3 is 5.32 Å². The standard InChI is InChI=1S/C17H15ClF4N2O3S/c18-14-6-5-12(9-13(14)17(20,21)22)28(26,27)24-8-7-16(25)23-10-11-3-1-2-4-15(11)19/h1-6,9,24H,7-8,10H2,(H,23,25). The van der Waals surface area contributed by atoms with E-state index in [9.17, 15) is 30.8 Å². The minimum atomic E-state index is -4.81. The van der Waals surface area contributed by atoms with Gasteiger partial charge in [0.05, 0.1) is 15.5 Å². The van der Waals surface area contributed by atoms with Crippen LogP contribution in [0.3, 0.4) is 0 Å². The number of carbonyl (C=O) groups is 1. The van der Waals surface area contributed by atoms with Gasteiger partial charge in [-0.15, -0.1) is 0 Å². The first kappa shape index (κ1) is 22.1. The lowest BCUT2D eigenvalue weighted by Crippen LogP contribution is -2.30. The van der Waals surface area contributed by atoms with Gasteiger partial charge in [0.25, 0.3) is 0 Å². The molecular weight excluding hydrogens is 424 g/mol. The highest BCUT2D eigenvalue weighted by atomic mass is 35.5. The van der Waals surface area contributed by atoms with Crippen LogP contribution in [0.1, 0.15) is 17.5 Å². The second kappa shape index (κ2) is 8.89. The summed E-state index contributed by atoms with van der Waals surface area (Å²) in [4.78, 5) is 11.1. The number of sulfonamides is 1. The van der Waals surface area contributed by atoms with E-state index in [0.717, 1.165) is 12.1 Å². The summed E-state index contributed by atoms with van der Waals surface area (Å²) >= 11 is 5.46. The Morgan fingerprint density at radius 2 is 1.79 bits per heavy atom. The zero-order valence-corrected chi connectivity index (χ0v) is 15.8. The molecule has 2 aromatic carbocycles. The Morgan fingerprint density at radius 1 is 1.11 bits per heavy atom. The van der Waals surface area contributed by atoms with Crippen molar-refractivity contribution in [1.29, 1.82) is 0 Å². The monoisotopic (exact) mass is 438 g/mol. The summed E-state index contributed by atoms with van der Waals surface area (Å²) in [5.74, 6) is -1.05. The van der Waals surface area contributed by atoms with Crippen molar-refractivity contribution in [2.75, 3.05) is 6.54 Å². The molecule has 0 bridgehead atoms. The van der Waals surface area contributed by atoms with Gasteiger partial charge in [-0.25, -0.2) is 17.5 Å². The number of nitrogens with one attached hydrogen (secondary N) is 2. The number of hydrogen-bond acceptors (Lipinski definition) is 3. The van der Waals surface area contributed by atoms with Gasteiger partial charge in [0.2, 0.25) is 15.9 Å². The number of carbonyl (C=O) groups excluding carboxylic acids is 1. The van der Waals surface area contributed by atoms with Crippen molar-refractivity contribution in [3.8, 4) is 0 Å². The molecule has 2 aromatic rings. The van der Waals surface area contributed by atoms with Crippen LogP contribution in [0, 0.1) is 5.82 Å². The Labute approximate surface area is 163 Å². The predicted molar refractivity (Wildman–Crippen MR) is 94.5 cm³/mol. The van der Waals surface area contributed by atoms with Crippen LogP contribution >= 0.6 is 11.6 Å². The van der Waals surface area contributed by atoms with Gasteiger partial charge in [0.1, 0.15) is 5.82 Å². The first-order chi connectivity index (χ1) is 13.0. The molecule has 2 rings (SSSR count). The van der Waals surface area contributed by atoms with E-state index in [1.54, 1.807) is 6.07 Å². The highest BCUT2D eigenvalue weighted by molar-refractivity contribution is 7.89. The molecule has 1 amide bonds. The third-order valence-corrected chi connectivity index (χ3v) is 5.42. The molecule has 0 unspecified atom stereocenters. The van der Waals surface area contributed by atoms with E-state index in [-0.39, 0.29) is 25.1 Å². The largest absolute Gasteiger partial charge is 0.417 e. The first-order valence-electron chi connectivity index (χ1n) is 7.87. The summed E-state index contributed by atoms with van der Waals surface area (Å²) in [6, 6.07) is 7.99. The van der Waals surface area contributed by atoms with Crippen molar-refractivity contribution in [3.63, 3.8) is 0 Å². The average molecular weight is 439 g/mol. The lowest BCUT2D eigenvalue weighted by atomic mass is 10.2. The smallest absolute Gasteiger partial charge is 0.352 e. The Morgan fingerprint density at radius 3 is 2.43 bits per heavy atom. The molecule has 0 spiro atoms.